The van der Waals surface area contributed by atoms with E-state index in [0.717, 1.165) is 29.7 Å². The maximum absolute atomic E-state index is 12.5. The van der Waals surface area contributed by atoms with E-state index < -0.39 is 5.60 Å². The molecule has 1 amide bonds. The molecule has 1 aliphatic heterocycles. The van der Waals surface area contributed by atoms with Crippen molar-refractivity contribution < 1.29 is 14.6 Å². The molecule has 2 fully saturated rings. The highest BCUT2D eigenvalue weighted by atomic mass is 16.5. The summed E-state index contributed by atoms with van der Waals surface area (Å²) >= 11 is 0. The van der Waals surface area contributed by atoms with E-state index in [1.54, 1.807) is 7.11 Å². The van der Waals surface area contributed by atoms with Crippen LogP contribution in [-0.4, -0.2) is 41.7 Å². The minimum Gasteiger partial charge on any atom is -0.496 e. The number of carbonyl (C=O) groups is 1. The summed E-state index contributed by atoms with van der Waals surface area (Å²) in [6, 6.07) is 6.09. The topological polar surface area (TPSA) is 49.8 Å². The average molecular weight is 317 g/mol. The summed E-state index contributed by atoms with van der Waals surface area (Å²) in [4.78, 5) is 14.4. The maximum atomic E-state index is 12.5. The maximum Gasteiger partial charge on any atom is 0.223 e. The molecule has 0 spiro atoms. The van der Waals surface area contributed by atoms with Crippen LogP contribution in [0.2, 0.25) is 0 Å². The molecule has 1 N–H and O–H groups in total. The first-order valence-corrected chi connectivity index (χ1v) is 8.57. The lowest BCUT2D eigenvalue weighted by Gasteiger charge is -2.26. The quantitative estimate of drug-likeness (QED) is 0.908. The summed E-state index contributed by atoms with van der Waals surface area (Å²) in [6.45, 7) is 5.27. The highest BCUT2D eigenvalue weighted by Gasteiger charge is 2.53. The summed E-state index contributed by atoms with van der Waals surface area (Å²) in [5.74, 6) is 1.59. The lowest BCUT2D eigenvalue weighted by Crippen LogP contribution is -2.40. The van der Waals surface area contributed by atoms with Crippen molar-refractivity contribution >= 4 is 5.91 Å². The largest absolute Gasteiger partial charge is 0.496 e. The number of rotatable bonds is 5. The van der Waals surface area contributed by atoms with E-state index in [0.29, 0.717) is 31.8 Å². The zero-order valence-corrected chi connectivity index (χ0v) is 14.3. The summed E-state index contributed by atoms with van der Waals surface area (Å²) in [6.07, 6.45) is 3.40. The molecule has 1 aromatic carbocycles. The first-order valence-electron chi connectivity index (χ1n) is 8.57. The number of likely N-dealkylation sites (tertiary alicyclic amines) is 1. The molecule has 4 nitrogen and oxygen atoms in total. The van der Waals surface area contributed by atoms with Crippen LogP contribution in [0.4, 0.5) is 0 Å². The van der Waals surface area contributed by atoms with E-state index in [-0.39, 0.29) is 11.8 Å². The van der Waals surface area contributed by atoms with Crippen LogP contribution in [0.15, 0.2) is 18.2 Å². The Bertz CT molecular complexity index is 596. The van der Waals surface area contributed by atoms with Crippen LogP contribution >= 0.6 is 0 Å². The summed E-state index contributed by atoms with van der Waals surface area (Å²) < 4.78 is 5.34. The summed E-state index contributed by atoms with van der Waals surface area (Å²) in [5.41, 5.74) is 1.57. The van der Waals surface area contributed by atoms with Gasteiger partial charge in [0.2, 0.25) is 5.91 Å². The summed E-state index contributed by atoms with van der Waals surface area (Å²) in [7, 11) is 1.67. The highest BCUT2D eigenvalue weighted by Crippen LogP contribution is 2.47. The number of methoxy groups -OCH3 is 1. The number of carbonyl (C=O) groups excluding carboxylic acids is 1. The molecule has 3 rings (SSSR count). The first kappa shape index (κ1) is 16.3. The Morgan fingerprint density at radius 1 is 1.43 bits per heavy atom. The van der Waals surface area contributed by atoms with Gasteiger partial charge in [0, 0.05) is 25.4 Å². The van der Waals surface area contributed by atoms with Crippen LogP contribution in [-0.2, 0) is 11.2 Å². The molecular weight excluding hydrogens is 290 g/mol. The fourth-order valence-corrected chi connectivity index (χ4v) is 3.75. The molecule has 1 saturated carbocycles. The third kappa shape index (κ3) is 3.23. The van der Waals surface area contributed by atoms with E-state index in [1.165, 1.54) is 0 Å². The smallest absolute Gasteiger partial charge is 0.223 e. The number of benzene rings is 1. The summed E-state index contributed by atoms with van der Waals surface area (Å²) in [5, 5.41) is 10.8. The highest BCUT2D eigenvalue weighted by molar-refractivity contribution is 5.77. The Morgan fingerprint density at radius 2 is 2.17 bits per heavy atom. The Hall–Kier alpha value is -1.55. The van der Waals surface area contributed by atoms with Gasteiger partial charge in [-0.2, -0.15) is 0 Å². The lowest BCUT2D eigenvalue weighted by molar-refractivity contribution is -0.131. The number of amides is 1. The third-order valence-electron chi connectivity index (χ3n) is 5.53. The van der Waals surface area contributed by atoms with Crippen LogP contribution in [0.25, 0.3) is 0 Å². The van der Waals surface area contributed by atoms with Gasteiger partial charge in [0.25, 0.3) is 0 Å². The van der Waals surface area contributed by atoms with Crippen molar-refractivity contribution in [2.75, 3.05) is 20.2 Å². The van der Waals surface area contributed by atoms with Crippen molar-refractivity contribution in [3.63, 3.8) is 0 Å². The van der Waals surface area contributed by atoms with Gasteiger partial charge < -0.3 is 14.7 Å². The standard InChI is InChI=1S/C19H27NO3/c1-13-4-5-15(10-17(13)23-3)6-9-18(21)20-11-14(2)19(22,12-20)16-7-8-16/h4-5,10,14,16,22H,6-9,11-12H2,1-3H3/t14-,19+/m1/s1. The van der Waals surface area contributed by atoms with Crippen molar-refractivity contribution in [2.24, 2.45) is 11.8 Å². The lowest BCUT2D eigenvalue weighted by atomic mass is 9.88. The molecule has 4 heteroatoms. The second kappa shape index (κ2) is 6.16. The third-order valence-corrected chi connectivity index (χ3v) is 5.53. The predicted molar refractivity (Wildman–Crippen MR) is 89.5 cm³/mol. The van der Waals surface area contributed by atoms with Crippen LogP contribution in [0.1, 0.15) is 37.3 Å². The molecule has 0 radical (unpaired) electrons. The van der Waals surface area contributed by atoms with Crippen LogP contribution in [0, 0.1) is 18.8 Å². The van der Waals surface area contributed by atoms with Crippen LogP contribution in [0.3, 0.4) is 0 Å². The molecular formula is C19H27NO3. The number of nitrogens with zero attached hydrogens (tertiary/aromatic N) is 1. The van der Waals surface area contributed by atoms with Crippen molar-refractivity contribution in [2.45, 2.75) is 45.1 Å². The van der Waals surface area contributed by atoms with Crippen molar-refractivity contribution in [3.05, 3.63) is 29.3 Å². The molecule has 1 saturated heterocycles. The Balaban J connectivity index is 1.58. The molecule has 126 valence electrons. The van der Waals surface area contributed by atoms with Gasteiger partial charge >= 0.3 is 0 Å². The van der Waals surface area contributed by atoms with E-state index >= 15 is 0 Å². The zero-order valence-electron chi connectivity index (χ0n) is 14.3. The molecule has 2 atom stereocenters. The fourth-order valence-electron chi connectivity index (χ4n) is 3.75. The second-order valence-electron chi connectivity index (χ2n) is 7.24. The SMILES string of the molecule is COc1cc(CCC(=O)N2C[C@@H](C)[C@](O)(C3CC3)C2)ccc1C. The van der Waals surface area contributed by atoms with E-state index in [9.17, 15) is 9.90 Å². The van der Waals surface area contributed by atoms with Gasteiger partial charge in [-0.05, 0) is 49.3 Å². The number of aryl methyl sites for hydroxylation is 2. The van der Waals surface area contributed by atoms with Crippen LogP contribution < -0.4 is 4.74 Å². The Kier molecular flexibility index (Phi) is 4.37. The van der Waals surface area contributed by atoms with E-state index in [4.69, 9.17) is 4.74 Å². The Morgan fingerprint density at radius 3 is 2.83 bits per heavy atom. The zero-order chi connectivity index (χ0) is 16.6. The van der Waals surface area contributed by atoms with Crippen molar-refractivity contribution in [3.8, 4) is 5.75 Å². The number of hydrogen-bond acceptors (Lipinski definition) is 3. The number of hydrogen-bond donors (Lipinski definition) is 1. The van der Waals surface area contributed by atoms with E-state index in [2.05, 4.69) is 13.0 Å². The molecule has 2 aliphatic rings. The minimum absolute atomic E-state index is 0.146. The number of β-amino-alcohol motifs (C(OH)–C–C–N with tert-alkyl or cyclic N) is 1. The minimum atomic E-state index is -0.650. The van der Waals surface area contributed by atoms with Gasteiger partial charge in [-0.3, -0.25) is 4.79 Å². The second-order valence-corrected chi connectivity index (χ2v) is 7.24. The van der Waals surface area contributed by atoms with Gasteiger partial charge in [0.15, 0.2) is 0 Å². The number of aliphatic hydroxyl groups is 1. The molecule has 1 heterocycles. The average Bonchev–Trinajstić information content (AvgIpc) is 3.34. The van der Waals surface area contributed by atoms with Gasteiger partial charge in [-0.1, -0.05) is 19.1 Å². The first-order chi connectivity index (χ1) is 10.9. The normalized spacial score (nSPS) is 27.3. The van der Waals surface area contributed by atoms with Crippen LogP contribution in [0.5, 0.6) is 5.75 Å². The Labute approximate surface area is 138 Å². The number of ether oxygens (including phenoxy) is 1. The van der Waals surface area contributed by atoms with Gasteiger partial charge in [-0.25, -0.2) is 0 Å². The van der Waals surface area contributed by atoms with Crippen molar-refractivity contribution in [1.82, 2.24) is 4.90 Å². The van der Waals surface area contributed by atoms with E-state index in [1.807, 2.05) is 24.0 Å². The monoisotopic (exact) mass is 317 g/mol. The van der Waals surface area contributed by atoms with Gasteiger partial charge in [0.05, 0.1) is 12.7 Å². The molecule has 0 unspecified atom stereocenters. The predicted octanol–water partition coefficient (Wildman–Crippen LogP) is 2.56. The van der Waals surface area contributed by atoms with Gasteiger partial charge in [0.1, 0.15) is 5.75 Å². The fraction of sp³-hybridized carbons (Fsp3) is 0.632. The molecule has 0 bridgehead atoms. The molecule has 23 heavy (non-hydrogen) atoms. The van der Waals surface area contributed by atoms with Crippen molar-refractivity contribution in [1.29, 1.82) is 0 Å². The molecule has 1 aliphatic carbocycles. The van der Waals surface area contributed by atoms with Gasteiger partial charge in [-0.15, -0.1) is 0 Å². The molecule has 1 aromatic rings. The molecule has 0 aromatic heterocycles.